The highest BCUT2D eigenvalue weighted by atomic mass is 14.4. The van der Waals surface area contributed by atoms with E-state index in [1.807, 2.05) is 0 Å². The fourth-order valence-electron chi connectivity index (χ4n) is 1.18. The van der Waals surface area contributed by atoms with Crippen molar-refractivity contribution in [3.8, 4) is 24.3 Å². The van der Waals surface area contributed by atoms with Gasteiger partial charge < -0.3 is 5.41 Å². The summed E-state index contributed by atoms with van der Waals surface area (Å²) < 4.78 is 0. The molecule has 0 aliphatic heterocycles. The van der Waals surface area contributed by atoms with Gasteiger partial charge in [-0.15, -0.1) is 0 Å². The normalized spacial score (nSPS) is 13.7. The molecule has 0 saturated heterocycles. The van der Waals surface area contributed by atoms with E-state index in [1.54, 1.807) is 30.1 Å². The zero-order chi connectivity index (χ0) is 11.4. The fraction of sp³-hybridized carbons (Fsp3) is 0. The molecule has 5 heteroatoms. The molecule has 1 aliphatic carbocycles. The van der Waals surface area contributed by atoms with Crippen molar-refractivity contribution in [2.24, 2.45) is 0 Å². The van der Waals surface area contributed by atoms with Crippen LogP contribution >= 0.6 is 0 Å². The second-order valence-corrected chi connectivity index (χ2v) is 2.43. The van der Waals surface area contributed by atoms with Crippen LogP contribution in [0.3, 0.4) is 0 Å². The SMILES string of the molecule is N#CC1=C(C#N)C(C#N)=C(C#N)C1=C=[N-]. The molecule has 0 unspecified atom stereocenters. The maximum absolute atomic E-state index is 8.72. The van der Waals surface area contributed by atoms with Gasteiger partial charge >= 0.3 is 0 Å². The molecular formula is C10N5-. The summed E-state index contributed by atoms with van der Waals surface area (Å²) in [5.74, 6) is 1.65. The number of nitrogens with zero attached hydrogens (tertiary/aromatic N) is 5. The predicted octanol–water partition coefficient (Wildman–Crippen LogP) is 0.853. The molecule has 5 nitrogen and oxygen atoms in total. The average molecular weight is 190 g/mol. The molecule has 0 radical (unpaired) electrons. The molecular weight excluding hydrogens is 190 g/mol. The number of rotatable bonds is 0. The van der Waals surface area contributed by atoms with Crippen molar-refractivity contribution in [1.29, 1.82) is 21.0 Å². The van der Waals surface area contributed by atoms with Gasteiger partial charge in [-0.1, -0.05) is 0 Å². The Morgan fingerprint density at radius 2 is 1.00 bits per heavy atom. The van der Waals surface area contributed by atoms with Gasteiger partial charge in [0.25, 0.3) is 0 Å². The Balaban J connectivity index is 3.75. The summed E-state index contributed by atoms with van der Waals surface area (Å²) in [7, 11) is 0. The topological polar surface area (TPSA) is 117 Å². The Kier molecular flexibility index (Phi) is 2.48. The Morgan fingerprint density at radius 3 is 1.20 bits per heavy atom. The molecule has 0 aromatic rings. The molecule has 0 fully saturated rings. The van der Waals surface area contributed by atoms with E-state index in [0.717, 1.165) is 0 Å². The molecule has 0 saturated carbocycles. The maximum Gasteiger partial charge on any atom is 0.102 e. The second-order valence-electron chi connectivity index (χ2n) is 2.43. The number of nitriles is 4. The van der Waals surface area contributed by atoms with Crippen LogP contribution in [0.5, 0.6) is 0 Å². The summed E-state index contributed by atoms with van der Waals surface area (Å²) in [5, 5.41) is 43.6. The van der Waals surface area contributed by atoms with Crippen LogP contribution in [0, 0.1) is 45.3 Å². The van der Waals surface area contributed by atoms with Gasteiger partial charge in [0.15, 0.2) is 0 Å². The van der Waals surface area contributed by atoms with Gasteiger partial charge in [-0.2, -0.15) is 21.0 Å². The molecule has 0 atom stereocenters. The van der Waals surface area contributed by atoms with E-state index in [9.17, 15) is 0 Å². The largest absolute Gasteiger partial charge is 0.763 e. The van der Waals surface area contributed by atoms with Crippen LogP contribution in [0.4, 0.5) is 0 Å². The molecule has 0 amide bonds. The molecule has 0 heterocycles. The summed E-state index contributed by atoms with van der Waals surface area (Å²) in [6.07, 6.45) is 0. The first-order valence-electron chi connectivity index (χ1n) is 3.62. The van der Waals surface area contributed by atoms with E-state index in [-0.39, 0.29) is 27.9 Å². The van der Waals surface area contributed by atoms with Gasteiger partial charge in [-0.25, -0.2) is 0 Å². The zero-order valence-electron chi connectivity index (χ0n) is 7.24. The van der Waals surface area contributed by atoms with Crippen LogP contribution in [0.2, 0.25) is 0 Å². The quantitative estimate of drug-likeness (QED) is 0.526. The van der Waals surface area contributed by atoms with E-state index in [0.29, 0.717) is 0 Å². The first-order chi connectivity index (χ1) is 7.24. The van der Waals surface area contributed by atoms with Crippen LogP contribution in [0.1, 0.15) is 0 Å². The highest BCUT2D eigenvalue weighted by Crippen LogP contribution is 2.34. The van der Waals surface area contributed by atoms with Crippen molar-refractivity contribution in [2.45, 2.75) is 0 Å². The van der Waals surface area contributed by atoms with E-state index in [4.69, 9.17) is 26.5 Å². The molecule has 0 spiro atoms. The third-order valence-corrected chi connectivity index (χ3v) is 1.81. The first kappa shape index (κ1) is 9.97. The molecule has 0 aromatic heterocycles. The number of hydrogen-bond donors (Lipinski definition) is 0. The first-order valence-corrected chi connectivity index (χ1v) is 3.62. The monoisotopic (exact) mass is 190 g/mol. The average Bonchev–Trinajstić information content (AvgIpc) is 2.59. The van der Waals surface area contributed by atoms with Crippen molar-refractivity contribution in [3.05, 3.63) is 33.3 Å². The lowest BCUT2D eigenvalue weighted by Gasteiger charge is -1.93. The minimum Gasteiger partial charge on any atom is -0.763 e. The lowest BCUT2D eigenvalue weighted by Crippen LogP contribution is -1.86. The van der Waals surface area contributed by atoms with Crippen molar-refractivity contribution >= 4 is 5.87 Å². The third kappa shape index (κ3) is 1.19. The van der Waals surface area contributed by atoms with E-state index in [1.165, 1.54) is 0 Å². The van der Waals surface area contributed by atoms with E-state index >= 15 is 0 Å². The van der Waals surface area contributed by atoms with Crippen molar-refractivity contribution < 1.29 is 0 Å². The van der Waals surface area contributed by atoms with Crippen LogP contribution in [-0.4, -0.2) is 5.87 Å². The van der Waals surface area contributed by atoms with E-state index < -0.39 is 0 Å². The molecule has 0 aromatic carbocycles. The Hall–Kier alpha value is -3.11. The van der Waals surface area contributed by atoms with Gasteiger partial charge in [0.05, 0.1) is 22.3 Å². The third-order valence-electron chi connectivity index (χ3n) is 1.81. The minimum absolute atomic E-state index is 0.201. The maximum atomic E-state index is 8.72. The highest BCUT2D eigenvalue weighted by Gasteiger charge is 2.28. The Morgan fingerprint density at radius 1 is 0.667 bits per heavy atom. The molecule has 15 heavy (non-hydrogen) atoms. The van der Waals surface area contributed by atoms with Crippen LogP contribution in [-0.2, 0) is 0 Å². The molecule has 66 valence electrons. The fourth-order valence-corrected chi connectivity index (χ4v) is 1.18. The summed E-state index contributed by atoms with van der Waals surface area (Å²) >= 11 is 0. The summed E-state index contributed by atoms with van der Waals surface area (Å²) in [6, 6.07) is 6.59. The smallest absolute Gasteiger partial charge is 0.102 e. The van der Waals surface area contributed by atoms with Crippen LogP contribution in [0.25, 0.3) is 5.41 Å². The van der Waals surface area contributed by atoms with Gasteiger partial charge in [0.1, 0.15) is 24.3 Å². The van der Waals surface area contributed by atoms with Crippen LogP contribution in [0.15, 0.2) is 27.9 Å². The molecule has 1 aliphatic rings. The lowest BCUT2D eigenvalue weighted by molar-refractivity contribution is 1.42. The molecule has 0 bridgehead atoms. The number of allylic oxidation sites excluding steroid dienone is 5. The Labute approximate surface area is 85.2 Å². The molecule has 1 rings (SSSR count). The predicted molar refractivity (Wildman–Crippen MR) is 48.4 cm³/mol. The molecule has 0 N–H and O–H groups in total. The summed E-state index contributed by atoms with van der Waals surface area (Å²) in [4.78, 5) is 0. The van der Waals surface area contributed by atoms with Crippen molar-refractivity contribution in [1.82, 2.24) is 0 Å². The van der Waals surface area contributed by atoms with Crippen molar-refractivity contribution in [2.75, 3.05) is 0 Å². The standard InChI is InChI=1S/C10N5/c11-1-6-7(2-12)9(4-14)10(5-15)8(6)3-13/q-1. The summed E-state index contributed by atoms with van der Waals surface area (Å²) in [5.41, 5.74) is -1.00. The number of hydrogen-bond acceptors (Lipinski definition) is 4. The zero-order valence-corrected chi connectivity index (χ0v) is 7.24. The van der Waals surface area contributed by atoms with Crippen LogP contribution < -0.4 is 0 Å². The van der Waals surface area contributed by atoms with E-state index in [2.05, 4.69) is 0 Å². The van der Waals surface area contributed by atoms with Crippen molar-refractivity contribution in [3.63, 3.8) is 0 Å². The summed E-state index contributed by atoms with van der Waals surface area (Å²) in [6.45, 7) is 0. The van der Waals surface area contributed by atoms with Gasteiger partial charge in [-0.05, 0) is 0 Å². The minimum atomic E-state index is -0.201. The highest BCUT2D eigenvalue weighted by molar-refractivity contribution is 5.88. The second kappa shape index (κ2) is 3.73. The lowest BCUT2D eigenvalue weighted by atomic mass is 10.1. The van der Waals surface area contributed by atoms with Gasteiger partial charge in [0.2, 0.25) is 0 Å². The van der Waals surface area contributed by atoms with Gasteiger partial charge in [0, 0.05) is 5.57 Å². The van der Waals surface area contributed by atoms with Gasteiger partial charge in [-0.3, -0.25) is 5.87 Å². The Bertz CT molecular complexity index is 563.